The topological polar surface area (TPSA) is 12.0 Å². The Bertz CT molecular complexity index is 62.7. The zero-order chi connectivity index (χ0) is 5.28. The fraction of sp³-hybridized carbons (Fsp3) is 1.00. The van der Waals surface area contributed by atoms with Gasteiger partial charge in [-0.2, -0.15) is 12.6 Å². The molecule has 1 aliphatic rings. The normalized spacial score (nSPS) is 40.3. The van der Waals surface area contributed by atoms with Gasteiger partial charge in [0.25, 0.3) is 0 Å². The molecule has 1 fully saturated rings. The van der Waals surface area contributed by atoms with Crippen LogP contribution in [-0.2, 0) is 0 Å². The van der Waals surface area contributed by atoms with Crippen LogP contribution >= 0.6 is 22.0 Å². The van der Waals surface area contributed by atoms with Crippen LogP contribution in [0, 0.1) is 0 Å². The van der Waals surface area contributed by atoms with E-state index < -0.39 is 0 Å². The first-order valence-corrected chi connectivity index (χ1v) is 3.56. The molecule has 1 nitrogen and oxygen atoms in total. The van der Waals surface area contributed by atoms with Crippen molar-refractivity contribution in [3.63, 3.8) is 0 Å². The minimum Gasteiger partial charge on any atom is -0.298 e. The number of rotatable bonds is 1. The molecular formula is C4H10NPS. The van der Waals surface area contributed by atoms with Crippen molar-refractivity contribution in [1.82, 2.24) is 5.09 Å². The summed E-state index contributed by atoms with van der Waals surface area (Å²) in [6, 6.07) is 0.729. The van der Waals surface area contributed by atoms with Crippen LogP contribution in [0.3, 0.4) is 0 Å². The van der Waals surface area contributed by atoms with Gasteiger partial charge in [-0.15, -0.1) is 0 Å². The second kappa shape index (κ2) is 2.34. The summed E-state index contributed by atoms with van der Waals surface area (Å²) < 4.78 is 0. The molecule has 1 saturated carbocycles. The molecule has 42 valence electrons. The zero-order valence-corrected chi connectivity index (χ0v) is 6.14. The van der Waals surface area contributed by atoms with E-state index in [2.05, 4.69) is 27.1 Å². The number of hydrogen-bond donors (Lipinski definition) is 2. The Morgan fingerprint density at radius 3 is 2.29 bits per heavy atom. The Morgan fingerprint density at radius 2 is 2.14 bits per heavy atom. The second-order valence-electron chi connectivity index (χ2n) is 1.99. The molecule has 0 radical (unpaired) electrons. The predicted molar refractivity (Wildman–Crippen MR) is 38.6 cm³/mol. The average Bonchev–Trinajstić information content (AvgIpc) is 1.58. The maximum Gasteiger partial charge on any atom is 0.0120 e. The molecule has 0 aliphatic heterocycles. The van der Waals surface area contributed by atoms with Crippen LogP contribution in [0.2, 0.25) is 0 Å². The van der Waals surface area contributed by atoms with Gasteiger partial charge in [-0.05, 0) is 12.8 Å². The highest BCUT2D eigenvalue weighted by Crippen LogP contribution is 2.25. The van der Waals surface area contributed by atoms with Crippen molar-refractivity contribution in [3.8, 4) is 0 Å². The van der Waals surface area contributed by atoms with Gasteiger partial charge >= 0.3 is 0 Å². The van der Waals surface area contributed by atoms with E-state index in [1.807, 2.05) is 0 Å². The lowest BCUT2D eigenvalue weighted by Gasteiger charge is -2.30. The highest BCUT2D eigenvalue weighted by Gasteiger charge is 2.23. The fourth-order valence-electron chi connectivity index (χ4n) is 0.724. The van der Waals surface area contributed by atoms with Crippen molar-refractivity contribution in [1.29, 1.82) is 0 Å². The Balaban J connectivity index is 2.06. The van der Waals surface area contributed by atoms with Crippen molar-refractivity contribution in [2.24, 2.45) is 0 Å². The first-order valence-electron chi connectivity index (χ1n) is 2.47. The third-order valence-electron chi connectivity index (χ3n) is 1.35. The molecule has 1 rings (SSSR count). The lowest BCUT2D eigenvalue weighted by molar-refractivity contribution is 0.411. The maximum absolute atomic E-state index is 4.25. The summed E-state index contributed by atoms with van der Waals surface area (Å²) in [5, 5.41) is 3.76. The van der Waals surface area contributed by atoms with E-state index in [9.17, 15) is 0 Å². The lowest BCUT2D eigenvalue weighted by atomic mass is 9.93. The molecule has 1 atom stereocenters. The van der Waals surface area contributed by atoms with Gasteiger partial charge in [0, 0.05) is 11.3 Å². The average molecular weight is 135 g/mol. The smallest absolute Gasteiger partial charge is 0.0120 e. The van der Waals surface area contributed by atoms with E-state index in [4.69, 9.17) is 0 Å². The molecule has 0 spiro atoms. The summed E-state index contributed by atoms with van der Waals surface area (Å²) in [6.45, 7) is 0. The predicted octanol–water partition coefficient (Wildman–Crippen LogP) is 0.827. The van der Waals surface area contributed by atoms with Crippen LogP contribution in [0.1, 0.15) is 12.8 Å². The standard InChI is InChI=1S/C4H10NPS/c6-5-3-1-4(7)2-3/h3-5,7H,1-2,6H2. The number of nitrogens with one attached hydrogen (secondary N) is 1. The van der Waals surface area contributed by atoms with Crippen molar-refractivity contribution >= 4 is 22.0 Å². The van der Waals surface area contributed by atoms with Gasteiger partial charge in [-0.1, -0.05) is 9.39 Å². The van der Waals surface area contributed by atoms with Crippen LogP contribution in [0.25, 0.3) is 0 Å². The van der Waals surface area contributed by atoms with Crippen molar-refractivity contribution in [3.05, 3.63) is 0 Å². The summed E-state index contributed by atoms with van der Waals surface area (Å²) in [7, 11) is 2.52. The van der Waals surface area contributed by atoms with E-state index in [-0.39, 0.29) is 0 Å². The molecule has 0 amide bonds. The molecular weight excluding hydrogens is 125 g/mol. The summed E-state index contributed by atoms with van der Waals surface area (Å²) in [5.41, 5.74) is 0. The summed E-state index contributed by atoms with van der Waals surface area (Å²) in [5.74, 6) is 0. The minimum atomic E-state index is 0.665. The lowest BCUT2D eigenvalue weighted by Crippen LogP contribution is -2.36. The highest BCUT2D eigenvalue weighted by molar-refractivity contribution is 7.81. The highest BCUT2D eigenvalue weighted by atomic mass is 32.1. The van der Waals surface area contributed by atoms with E-state index in [1.165, 1.54) is 12.8 Å². The largest absolute Gasteiger partial charge is 0.298 e. The van der Waals surface area contributed by atoms with Gasteiger partial charge in [0.05, 0.1) is 0 Å². The van der Waals surface area contributed by atoms with Crippen LogP contribution < -0.4 is 5.09 Å². The monoisotopic (exact) mass is 135 g/mol. The first kappa shape index (κ1) is 5.87. The number of thiol groups is 1. The number of hydrogen-bond acceptors (Lipinski definition) is 2. The second-order valence-corrected chi connectivity index (χ2v) is 3.05. The first-order chi connectivity index (χ1) is 3.33. The third kappa shape index (κ3) is 1.31. The molecule has 0 bridgehead atoms. The maximum atomic E-state index is 4.25. The molecule has 0 saturated heterocycles. The van der Waals surface area contributed by atoms with Crippen LogP contribution in [0.5, 0.6) is 0 Å². The van der Waals surface area contributed by atoms with Crippen molar-refractivity contribution in [2.75, 3.05) is 0 Å². The molecule has 0 aromatic rings. The van der Waals surface area contributed by atoms with Gasteiger partial charge < -0.3 is 0 Å². The summed E-state index contributed by atoms with van der Waals surface area (Å²) in [4.78, 5) is 0. The van der Waals surface area contributed by atoms with Gasteiger partial charge in [-0.3, -0.25) is 5.09 Å². The van der Waals surface area contributed by atoms with Crippen LogP contribution in [0.4, 0.5) is 0 Å². The van der Waals surface area contributed by atoms with E-state index in [1.54, 1.807) is 0 Å². The molecule has 1 aliphatic carbocycles. The SMILES string of the molecule is PNC1CC(S)C1. The Morgan fingerprint density at radius 1 is 1.57 bits per heavy atom. The minimum absolute atomic E-state index is 0.665. The zero-order valence-electron chi connectivity index (χ0n) is 4.09. The fourth-order valence-corrected chi connectivity index (χ4v) is 1.51. The molecule has 3 heteroatoms. The van der Waals surface area contributed by atoms with E-state index >= 15 is 0 Å². The Kier molecular flexibility index (Phi) is 1.96. The molecule has 1 unspecified atom stereocenters. The molecule has 0 aromatic carbocycles. The quantitative estimate of drug-likeness (QED) is 0.401. The van der Waals surface area contributed by atoms with Gasteiger partial charge in [0.15, 0.2) is 0 Å². The van der Waals surface area contributed by atoms with Crippen LogP contribution in [0.15, 0.2) is 0 Å². The van der Waals surface area contributed by atoms with Crippen molar-refractivity contribution < 1.29 is 0 Å². The Labute approximate surface area is 51.9 Å². The van der Waals surface area contributed by atoms with Gasteiger partial charge in [0.1, 0.15) is 0 Å². The molecule has 0 heterocycles. The third-order valence-corrected chi connectivity index (χ3v) is 2.24. The van der Waals surface area contributed by atoms with Gasteiger partial charge in [0.2, 0.25) is 0 Å². The van der Waals surface area contributed by atoms with Crippen LogP contribution in [-0.4, -0.2) is 11.3 Å². The molecule has 7 heavy (non-hydrogen) atoms. The Hall–Kier alpha value is 0.740. The summed E-state index contributed by atoms with van der Waals surface area (Å²) in [6.07, 6.45) is 2.46. The van der Waals surface area contributed by atoms with Crippen molar-refractivity contribution in [2.45, 2.75) is 24.1 Å². The molecule has 1 N–H and O–H groups in total. The van der Waals surface area contributed by atoms with E-state index in [0.29, 0.717) is 5.25 Å². The van der Waals surface area contributed by atoms with E-state index in [0.717, 1.165) is 6.04 Å². The van der Waals surface area contributed by atoms with Gasteiger partial charge in [-0.25, -0.2) is 0 Å². The summed E-state index contributed by atoms with van der Waals surface area (Å²) >= 11 is 4.25. The molecule has 0 aromatic heterocycles.